The first kappa shape index (κ1) is 23.7. The molecule has 0 saturated carbocycles. The van der Waals surface area contributed by atoms with Crippen molar-refractivity contribution in [2.75, 3.05) is 0 Å². The molecule has 3 heteroatoms. The van der Waals surface area contributed by atoms with Gasteiger partial charge in [-0.2, -0.15) is 15.8 Å². The predicted octanol–water partition coefficient (Wildman–Crippen LogP) is 7.88. The maximum absolute atomic E-state index is 10.0. The second-order valence-electron chi connectivity index (χ2n) is 8.04. The van der Waals surface area contributed by atoms with Crippen molar-refractivity contribution in [3.8, 4) is 18.2 Å². The Morgan fingerprint density at radius 3 is 0.889 bits per heavy atom. The molecule has 36 heavy (non-hydrogen) atoms. The van der Waals surface area contributed by atoms with Crippen molar-refractivity contribution in [2.24, 2.45) is 0 Å². The fourth-order valence-electron chi connectivity index (χ4n) is 3.78. The predicted molar refractivity (Wildman–Crippen MR) is 146 cm³/mol. The van der Waals surface area contributed by atoms with Crippen LogP contribution in [-0.4, -0.2) is 0 Å². The molecule has 0 atom stereocenters. The number of nitrogens with zero attached hydrogens (tertiary/aromatic N) is 3. The van der Waals surface area contributed by atoms with Crippen LogP contribution in [0.15, 0.2) is 109 Å². The van der Waals surface area contributed by atoms with E-state index in [-0.39, 0.29) is 0 Å². The van der Waals surface area contributed by atoms with E-state index >= 15 is 0 Å². The molecule has 0 amide bonds. The van der Waals surface area contributed by atoms with Crippen LogP contribution >= 0.6 is 0 Å². The fourth-order valence-corrected chi connectivity index (χ4v) is 3.78. The number of allylic oxidation sites excluding steroid dienone is 3. The summed E-state index contributed by atoms with van der Waals surface area (Å²) in [5, 5.41) is 30.0. The third kappa shape index (κ3) is 5.92. The molecule has 4 rings (SSSR count). The lowest BCUT2D eigenvalue weighted by Crippen LogP contribution is -1.93. The quantitative estimate of drug-likeness (QED) is 0.217. The third-order valence-corrected chi connectivity index (χ3v) is 5.56. The molecule has 0 aliphatic rings. The maximum Gasteiger partial charge on any atom is 0.0998 e. The summed E-state index contributed by atoms with van der Waals surface area (Å²) in [5.74, 6) is 0. The summed E-state index contributed by atoms with van der Waals surface area (Å²) in [7, 11) is 0. The summed E-state index contributed by atoms with van der Waals surface area (Å²) < 4.78 is 0. The Morgan fingerprint density at radius 2 is 0.667 bits per heavy atom. The van der Waals surface area contributed by atoms with Crippen LogP contribution in [0.1, 0.15) is 33.4 Å². The molecular formula is C33H21N3. The van der Waals surface area contributed by atoms with Crippen molar-refractivity contribution >= 4 is 34.9 Å². The van der Waals surface area contributed by atoms with Gasteiger partial charge in [-0.3, -0.25) is 0 Å². The highest BCUT2D eigenvalue weighted by Gasteiger charge is 2.12. The van der Waals surface area contributed by atoms with E-state index in [0.717, 1.165) is 16.7 Å². The van der Waals surface area contributed by atoms with Crippen LogP contribution in [0, 0.1) is 34.0 Å². The number of rotatable bonds is 6. The molecular weight excluding hydrogens is 438 g/mol. The van der Waals surface area contributed by atoms with Crippen molar-refractivity contribution in [3.05, 3.63) is 143 Å². The highest BCUT2D eigenvalue weighted by Crippen LogP contribution is 2.29. The lowest BCUT2D eigenvalue weighted by molar-refractivity contribution is 1.48. The smallest absolute Gasteiger partial charge is 0.0998 e. The van der Waals surface area contributed by atoms with Gasteiger partial charge in [-0.1, -0.05) is 91.0 Å². The molecule has 0 aromatic heterocycles. The Kier molecular flexibility index (Phi) is 7.66. The van der Waals surface area contributed by atoms with Crippen LogP contribution in [0.5, 0.6) is 0 Å². The van der Waals surface area contributed by atoms with E-state index in [0.29, 0.717) is 33.4 Å². The van der Waals surface area contributed by atoms with Gasteiger partial charge in [0.25, 0.3) is 0 Å². The monoisotopic (exact) mass is 459 g/mol. The lowest BCUT2D eigenvalue weighted by Gasteiger charge is -2.10. The summed E-state index contributed by atoms with van der Waals surface area (Å²) >= 11 is 0. The number of hydrogen-bond donors (Lipinski definition) is 0. The molecule has 0 fully saturated rings. The summed E-state index contributed by atoms with van der Waals surface area (Å²) in [6.45, 7) is 0. The first-order chi connectivity index (χ1) is 17.7. The maximum atomic E-state index is 10.0. The molecule has 4 aromatic rings. The molecule has 0 N–H and O–H groups in total. The van der Waals surface area contributed by atoms with Gasteiger partial charge < -0.3 is 0 Å². The minimum atomic E-state index is 0.443. The molecule has 0 heterocycles. The van der Waals surface area contributed by atoms with Gasteiger partial charge in [0, 0.05) is 0 Å². The normalized spacial score (nSPS) is 11.8. The van der Waals surface area contributed by atoms with Gasteiger partial charge >= 0.3 is 0 Å². The number of hydrogen-bond acceptors (Lipinski definition) is 3. The standard InChI is InChI=1S/C33H21N3/c34-22-31(16-25-10-4-1-5-11-25)28-19-29(32(23-35)17-26-12-6-2-7-13-26)21-30(20-28)33(24-36)18-27-14-8-3-9-15-27/h1-21H/b31-16-,32-17-,33-18-. The fraction of sp³-hybridized carbons (Fsp3) is 0. The Balaban J connectivity index is 1.92. The second-order valence-corrected chi connectivity index (χ2v) is 8.04. The summed E-state index contributed by atoms with van der Waals surface area (Å²) in [6.07, 6.45) is 5.43. The SMILES string of the molecule is N#C/C(=C/c1ccccc1)c1cc(/C(C#N)=C\c2ccccc2)cc(/C(C#N)=C\c2ccccc2)c1. The molecule has 0 aliphatic carbocycles. The van der Waals surface area contributed by atoms with E-state index in [1.54, 1.807) is 0 Å². The zero-order valence-electron chi connectivity index (χ0n) is 19.5. The van der Waals surface area contributed by atoms with Crippen molar-refractivity contribution < 1.29 is 0 Å². The van der Waals surface area contributed by atoms with E-state index < -0.39 is 0 Å². The molecule has 0 bridgehead atoms. The van der Waals surface area contributed by atoms with Crippen molar-refractivity contribution in [1.29, 1.82) is 15.8 Å². The van der Waals surface area contributed by atoms with E-state index in [9.17, 15) is 15.8 Å². The zero-order chi connectivity index (χ0) is 25.2. The van der Waals surface area contributed by atoms with Crippen LogP contribution in [0.2, 0.25) is 0 Å². The van der Waals surface area contributed by atoms with E-state index in [4.69, 9.17) is 0 Å². The average Bonchev–Trinajstić information content (AvgIpc) is 2.94. The Labute approximate surface area is 211 Å². The number of benzene rings is 4. The molecule has 0 spiro atoms. The molecule has 0 unspecified atom stereocenters. The largest absolute Gasteiger partial charge is 0.192 e. The van der Waals surface area contributed by atoms with Crippen molar-refractivity contribution in [1.82, 2.24) is 0 Å². The average molecular weight is 460 g/mol. The van der Waals surface area contributed by atoms with Crippen LogP contribution in [0.3, 0.4) is 0 Å². The van der Waals surface area contributed by atoms with E-state index in [2.05, 4.69) is 18.2 Å². The third-order valence-electron chi connectivity index (χ3n) is 5.56. The van der Waals surface area contributed by atoms with Gasteiger partial charge in [0.2, 0.25) is 0 Å². The molecule has 3 nitrogen and oxygen atoms in total. The van der Waals surface area contributed by atoms with Gasteiger partial charge in [-0.15, -0.1) is 0 Å². The van der Waals surface area contributed by atoms with Gasteiger partial charge in [0.1, 0.15) is 0 Å². The first-order valence-corrected chi connectivity index (χ1v) is 11.4. The minimum Gasteiger partial charge on any atom is -0.192 e. The lowest BCUT2D eigenvalue weighted by atomic mass is 9.92. The van der Waals surface area contributed by atoms with Gasteiger partial charge in [-0.05, 0) is 69.8 Å². The summed E-state index contributed by atoms with van der Waals surface area (Å²) in [5.41, 5.74) is 5.91. The van der Waals surface area contributed by atoms with Crippen molar-refractivity contribution in [3.63, 3.8) is 0 Å². The summed E-state index contributed by atoms with van der Waals surface area (Å²) in [4.78, 5) is 0. The minimum absolute atomic E-state index is 0.443. The highest BCUT2D eigenvalue weighted by molar-refractivity contribution is 5.97. The van der Waals surface area contributed by atoms with Gasteiger partial charge in [0.15, 0.2) is 0 Å². The van der Waals surface area contributed by atoms with E-state index in [1.807, 2.05) is 127 Å². The molecule has 4 aromatic carbocycles. The van der Waals surface area contributed by atoms with Crippen LogP contribution in [-0.2, 0) is 0 Å². The Hall–Kier alpha value is -5.43. The molecule has 0 radical (unpaired) electrons. The number of nitriles is 3. The van der Waals surface area contributed by atoms with Crippen LogP contribution < -0.4 is 0 Å². The topological polar surface area (TPSA) is 71.4 Å². The van der Waals surface area contributed by atoms with Crippen LogP contribution in [0.25, 0.3) is 34.9 Å². The Bertz CT molecular complexity index is 1370. The zero-order valence-corrected chi connectivity index (χ0v) is 19.5. The van der Waals surface area contributed by atoms with E-state index in [1.165, 1.54) is 0 Å². The molecule has 0 saturated heterocycles. The van der Waals surface area contributed by atoms with Gasteiger partial charge in [-0.25, -0.2) is 0 Å². The molecule has 0 aliphatic heterocycles. The Morgan fingerprint density at radius 1 is 0.417 bits per heavy atom. The first-order valence-electron chi connectivity index (χ1n) is 11.4. The summed E-state index contributed by atoms with van der Waals surface area (Å²) in [6, 6.07) is 41.1. The second kappa shape index (κ2) is 11.6. The van der Waals surface area contributed by atoms with Crippen molar-refractivity contribution in [2.45, 2.75) is 0 Å². The van der Waals surface area contributed by atoms with Crippen LogP contribution in [0.4, 0.5) is 0 Å². The molecule has 168 valence electrons. The van der Waals surface area contributed by atoms with Gasteiger partial charge in [0.05, 0.1) is 34.9 Å². The highest BCUT2D eigenvalue weighted by atomic mass is 14.3.